The maximum absolute atomic E-state index is 13.4. The number of amides is 2. The van der Waals surface area contributed by atoms with Crippen molar-refractivity contribution >= 4 is 46.0 Å². The number of piperidine rings is 1. The van der Waals surface area contributed by atoms with Gasteiger partial charge in [0.2, 0.25) is 5.91 Å². The molecule has 1 N–H and O–H groups in total. The fourth-order valence-corrected chi connectivity index (χ4v) is 6.58. The smallest absolute Gasteiger partial charge is 0.410 e. The number of ether oxygens (including phenoxy) is 1. The summed E-state index contributed by atoms with van der Waals surface area (Å²) < 4.78 is 7.31. The number of halogens is 1. The predicted molar refractivity (Wildman–Crippen MR) is 176 cm³/mol. The fraction of sp³-hybridized carbons (Fsp3) is 0.441. The summed E-state index contributed by atoms with van der Waals surface area (Å²) in [6.07, 6.45) is 5.59. The lowest BCUT2D eigenvalue weighted by Gasteiger charge is -2.38. The number of hydrogen-bond acceptors (Lipinski definition) is 7. The van der Waals surface area contributed by atoms with Gasteiger partial charge < -0.3 is 19.9 Å². The number of nitrogens with one attached hydrogen (secondary N) is 1. The summed E-state index contributed by atoms with van der Waals surface area (Å²) in [4.78, 5) is 38.7. The standard InChI is InChI=1S/C34H40ClN7O3/c1-20-13-21(2)36-17-27(20)26-14-23-15-29(37-18-28(23)22(3)32(26)35)38-30-16-25-9-12-41(31(43)19-42(25)39-30)24-7-10-40(11-8-24)33(44)45-34(4,5)6/h13-18,24H,7-12,19H2,1-6H3,(H,37,38,39). The first kappa shape index (κ1) is 30.8. The summed E-state index contributed by atoms with van der Waals surface area (Å²) in [5, 5.41) is 10.8. The van der Waals surface area contributed by atoms with E-state index in [1.54, 1.807) is 9.58 Å². The first-order valence-electron chi connectivity index (χ1n) is 15.5. The summed E-state index contributed by atoms with van der Waals surface area (Å²) in [5.41, 5.74) is 5.47. The van der Waals surface area contributed by atoms with Crippen molar-refractivity contribution in [3.05, 3.63) is 64.2 Å². The molecule has 4 aromatic rings. The van der Waals surface area contributed by atoms with Crippen molar-refractivity contribution in [2.24, 2.45) is 0 Å². The average molecular weight is 630 g/mol. The molecular formula is C34H40ClN7O3. The molecule has 2 aliphatic rings. The Kier molecular flexibility index (Phi) is 8.20. The van der Waals surface area contributed by atoms with Crippen molar-refractivity contribution in [3.8, 4) is 11.1 Å². The maximum atomic E-state index is 13.4. The van der Waals surface area contributed by atoms with Gasteiger partial charge in [-0.05, 0) is 89.1 Å². The van der Waals surface area contributed by atoms with Crippen LogP contribution in [0.15, 0.2) is 36.7 Å². The van der Waals surface area contributed by atoms with Crippen LogP contribution < -0.4 is 5.32 Å². The zero-order chi connectivity index (χ0) is 32.0. The molecule has 0 atom stereocenters. The Balaban J connectivity index is 1.14. The van der Waals surface area contributed by atoms with Crippen LogP contribution in [0, 0.1) is 20.8 Å². The Morgan fingerprint density at radius 2 is 1.73 bits per heavy atom. The number of likely N-dealkylation sites (tertiary alicyclic amines) is 1. The normalized spacial score (nSPS) is 16.1. The van der Waals surface area contributed by atoms with Crippen LogP contribution in [-0.4, -0.2) is 72.8 Å². The summed E-state index contributed by atoms with van der Waals surface area (Å²) in [7, 11) is 0. The van der Waals surface area contributed by atoms with Crippen LogP contribution in [0.3, 0.4) is 0 Å². The molecule has 0 aliphatic carbocycles. The number of aromatic nitrogens is 4. The SMILES string of the molecule is Cc1cc(C)c(-c2cc3cc(Nc4cc5n(n4)CC(=O)N(C4CCN(C(=O)OC(C)(C)C)CC4)CC5)ncc3c(C)c2Cl)cn1. The molecule has 0 radical (unpaired) electrons. The van der Waals surface area contributed by atoms with Gasteiger partial charge in [0.25, 0.3) is 0 Å². The van der Waals surface area contributed by atoms with E-state index in [0.717, 1.165) is 57.3 Å². The fourth-order valence-electron chi connectivity index (χ4n) is 6.32. The van der Waals surface area contributed by atoms with Crippen molar-refractivity contribution in [2.75, 3.05) is 25.0 Å². The molecule has 0 saturated carbocycles. The van der Waals surface area contributed by atoms with Gasteiger partial charge in [0.15, 0.2) is 5.82 Å². The second-order valence-electron chi connectivity index (χ2n) is 13.1. The van der Waals surface area contributed by atoms with E-state index in [1.807, 2.05) is 64.0 Å². The summed E-state index contributed by atoms with van der Waals surface area (Å²) in [6.45, 7) is 13.6. The molecule has 1 aromatic carbocycles. The number of pyridine rings is 2. The summed E-state index contributed by atoms with van der Waals surface area (Å²) in [5.74, 6) is 1.35. The minimum atomic E-state index is -0.525. The second-order valence-corrected chi connectivity index (χ2v) is 13.5. The maximum Gasteiger partial charge on any atom is 0.410 e. The van der Waals surface area contributed by atoms with Crippen molar-refractivity contribution < 1.29 is 14.3 Å². The molecule has 0 spiro atoms. The van der Waals surface area contributed by atoms with Gasteiger partial charge in [-0.25, -0.2) is 9.78 Å². The number of benzene rings is 1. The molecule has 236 valence electrons. The first-order chi connectivity index (χ1) is 21.4. The molecule has 5 heterocycles. The lowest BCUT2D eigenvalue weighted by Crippen LogP contribution is -2.50. The highest BCUT2D eigenvalue weighted by Gasteiger charge is 2.33. The van der Waals surface area contributed by atoms with Crippen LogP contribution in [0.4, 0.5) is 16.4 Å². The summed E-state index contributed by atoms with van der Waals surface area (Å²) >= 11 is 6.84. The monoisotopic (exact) mass is 629 g/mol. The quantitative estimate of drug-likeness (QED) is 0.271. The summed E-state index contributed by atoms with van der Waals surface area (Å²) in [6, 6.07) is 8.24. The molecule has 2 aliphatic heterocycles. The molecule has 6 rings (SSSR count). The highest BCUT2D eigenvalue weighted by atomic mass is 35.5. The lowest BCUT2D eigenvalue weighted by atomic mass is 9.96. The van der Waals surface area contributed by atoms with Gasteiger partial charge in [-0.2, -0.15) is 5.10 Å². The van der Waals surface area contributed by atoms with Gasteiger partial charge in [0.1, 0.15) is 18.0 Å². The van der Waals surface area contributed by atoms with Crippen LogP contribution in [0.2, 0.25) is 5.02 Å². The number of hydrogen-bond donors (Lipinski definition) is 1. The van der Waals surface area contributed by atoms with E-state index in [-0.39, 0.29) is 24.6 Å². The molecule has 1 fully saturated rings. The first-order valence-corrected chi connectivity index (χ1v) is 15.9. The Morgan fingerprint density at radius 3 is 2.44 bits per heavy atom. The zero-order valence-corrected chi connectivity index (χ0v) is 27.5. The third kappa shape index (κ3) is 6.47. The largest absolute Gasteiger partial charge is 0.444 e. The number of anilines is 2. The number of nitrogens with zero attached hydrogens (tertiary/aromatic N) is 6. The third-order valence-electron chi connectivity index (χ3n) is 8.63. The van der Waals surface area contributed by atoms with Crippen molar-refractivity contribution in [1.29, 1.82) is 0 Å². The number of aryl methyl sites for hydroxylation is 3. The number of carbonyl (C=O) groups excluding carboxylic acids is 2. The highest BCUT2D eigenvalue weighted by Crippen LogP contribution is 2.38. The van der Waals surface area contributed by atoms with Gasteiger partial charge in [0.05, 0.1) is 5.02 Å². The Hall–Kier alpha value is -4.18. The van der Waals surface area contributed by atoms with E-state index in [4.69, 9.17) is 21.4 Å². The van der Waals surface area contributed by atoms with Crippen LogP contribution in [0.1, 0.15) is 56.1 Å². The predicted octanol–water partition coefficient (Wildman–Crippen LogP) is 6.60. The molecule has 0 unspecified atom stereocenters. The van der Waals surface area contributed by atoms with E-state index < -0.39 is 5.60 Å². The van der Waals surface area contributed by atoms with E-state index >= 15 is 0 Å². The molecule has 3 aromatic heterocycles. The van der Waals surface area contributed by atoms with E-state index in [1.165, 1.54) is 0 Å². The molecular weight excluding hydrogens is 590 g/mol. The Labute approximate surface area is 268 Å². The van der Waals surface area contributed by atoms with Gasteiger partial charge in [-0.3, -0.25) is 14.5 Å². The van der Waals surface area contributed by atoms with Crippen LogP contribution in [-0.2, 0) is 22.5 Å². The van der Waals surface area contributed by atoms with Gasteiger partial charge in [-0.1, -0.05) is 11.6 Å². The van der Waals surface area contributed by atoms with Crippen LogP contribution in [0.25, 0.3) is 21.9 Å². The minimum Gasteiger partial charge on any atom is -0.444 e. The van der Waals surface area contributed by atoms with E-state index in [9.17, 15) is 9.59 Å². The molecule has 45 heavy (non-hydrogen) atoms. The average Bonchev–Trinajstić information content (AvgIpc) is 3.27. The van der Waals surface area contributed by atoms with Crippen molar-refractivity contribution in [1.82, 2.24) is 29.5 Å². The molecule has 11 heteroatoms. The van der Waals surface area contributed by atoms with E-state index in [2.05, 4.69) is 34.3 Å². The molecule has 10 nitrogen and oxygen atoms in total. The van der Waals surface area contributed by atoms with Crippen molar-refractivity contribution in [2.45, 2.75) is 79.0 Å². The van der Waals surface area contributed by atoms with E-state index in [0.29, 0.717) is 42.7 Å². The molecule has 2 amide bonds. The number of fused-ring (bicyclic) bond motifs is 2. The minimum absolute atomic E-state index is 0.0451. The molecule has 0 bridgehead atoms. The van der Waals surface area contributed by atoms with Gasteiger partial charge >= 0.3 is 6.09 Å². The van der Waals surface area contributed by atoms with Gasteiger partial charge in [0, 0.05) is 78.5 Å². The second kappa shape index (κ2) is 12.0. The Morgan fingerprint density at radius 1 is 0.978 bits per heavy atom. The number of rotatable bonds is 4. The zero-order valence-electron chi connectivity index (χ0n) is 26.8. The van der Waals surface area contributed by atoms with Crippen molar-refractivity contribution in [3.63, 3.8) is 0 Å². The topological polar surface area (TPSA) is 105 Å². The van der Waals surface area contributed by atoms with Crippen LogP contribution >= 0.6 is 11.6 Å². The lowest BCUT2D eigenvalue weighted by molar-refractivity contribution is -0.134. The molecule has 1 saturated heterocycles. The number of carbonyl (C=O) groups is 2. The van der Waals surface area contributed by atoms with Gasteiger partial charge in [-0.15, -0.1) is 0 Å². The Bertz CT molecular complexity index is 1790. The van der Waals surface area contributed by atoms with Crippen LogP contribution in [0.5, 0.6) is 0 Å². The highest BCUT2D eigenvalue weighted by molar-refractivity contribution is 6.35. The third-order valence-corrected chi connectivity index (χ3v) is 9.12.